The number of hydrogen-bond acceptors (Lipinski definition) is 2. The van der Waals surface area contributed by atoms with Crippen molar-refractivity contribution < 1.29 is 4.74 Å². The molecule has 2 rings (SSSR count). The van der Waals surface area contributed by atoms with Crippen LogP contribution in [0, 0.1) is 0 Å². The molecule has 1 aromatic carbocycles. The molecule has 94 valence electrons. The predicted molar refractivity (Wildman–Crippen MR) is 74.4 cm³/mol. The largest absolute Gasteiger partial charge is 0.381 e. The maximum absolute atomic E-state index is 5.93. The van der Waals surface area contributed by atoms with Crippen LogP contribution in [0.3, 0.4) is 0 Å². The van der Waals surface area contributed by atoms with Gasteiger partial charge >= 0.3 is 0 Å². The topological polar surface area (TPSA) is 21.3 Å². The number of nitrogens with one attached hydrogen (secondary N) is 1. The van der Waals surface area contributed by atoms with Crippen molar-refractivity contribution in [1.82, 2.24) is 5.32 Å². The monoisotopic (exact) mass is 317 g/mol. The van der Waals surface area contributed by atoms with Crippen molar-refractivity contribution in [2.75, 3.05) is 13.2 Å². The molecule has 0 aromatic heterocycles. The first kappa shape index (κ1) is 13.3. The van der Waals surface area contributed by atoms with Gasteiger partial charge in [0.25, 0.3) is 0 Å². The maximum atomic E-state index is 5.93. The zero-order chi connectivity index (χ0) is 12.3. The first-order valence-electron chi connectivity index (χ1n) is 5.86. The number of rotatable bonds is 3. The van der Waals surface area contributed by atoms with Crippen molar-refractivity contribution in [2.24, 2.45) is 0 Å². The van der Waals surface area contributed by atoms with Crippen LogP contribution < -0.4 is 5.32 Å². The van der Waals surface area contributed by atoms with Crippen LogP contribution in [0.2, 0.25) is 5.02 Å². The second-order valence-corrected chi connectivity index (χ2v) is 6.05. The highest BCUT2D eigenvalue weighted by Crippen LogP contribution is 2.24. The van der Waals surface area contributed by atoms with Crippen LogP contribution in [-0.2, 0) is 11.3 Å². The lowest BCUT2D eigenvalue weighted by Gasteiger charge is -2.34. The van der Waals surface area contributed by atoms with Gasteiger partial charge in [-0.15, -0.1) is 0 Å². The van der Waals surface area contributed by atoms with Gasteiger partial charge < -0.3 is 10.1 Å². The lowest BCUT2D eigenvalue weighted by atomic mass is 9.92. The van der Waals surface area contributed by atoms with E-state index in [9.17, 15) is 0 Å². The third-order valence-corrected chi connectivity index (χ3v) is 4.29. The van der Waals surface area contributed by atoms with Gasteiger partial charge in [-0.25, -0.2) is 0 Å². The molecule has 0 unspecified atom stereocenters. The Hall–Kier alpha value is -0.0900. The Labute approximate surface area is 116 Å². The summed E-state index contributed by atoms with van der Waals surface area (Å²) in [4.78, 5) is 0. The van der Waals surface area contributed by atoms with Crippen molar-refractivity contribution in [3.8, 4) is 0 Å². The summed E-state index contributed by atoms with van der Waals surface area (Å²) in [6.45, 7) is 4.82. The molecule has 0 aliphatic carbocycles. The highest BCUT2D eigenvalue weighted by molar-refractivity contribution is 9.10. The van der Waals surface area contributed by atoms with Gasteiger partial charge in [0.05, 0.1) is 0 Å². The van der Waals surface area contributed by atoms with E-state index in [1.54, 1.807) is 0 Å². The summed E-state index contributed by atoms with van der Waals surface area (Å²) in [5.74, 6) is 0. The summed E-state index contributed by atoms with van der Waals surface area (Å²) < 4.78 is 6.45. The SMILES string of the molecule is CC1(NCc2ccc(Cl)cc2Br)CCOCC1. The lowest BCUT2D eigenvalue weighted by Crippen LogP contribution is -2.46. The number of benzene rings is 1. The molecular weight excluding hydrogens is 302 g/mol. The average Bonchev–Trinajstić information content (AvgIpc) is 2.29. The second-order valence-electron chi connectivity index (χ2n) is 4.76. The van der Waals surface area contributed by atoms with Crippen molar-refractivity contribution in [1.29, 1.82) is 0 Å². The lowest BCUT2D eigenvalue weighted by molar-refractivity contribution is 0.0446. The molecule has 1 heterocycles. The molecule has 1 aliphatic rings. The van der Waals surface area contributed by atoms with Crippen LogP contribution in [0.25, 0.3) is 0 Å². The van der Waals surface area contributed by atoms with Crippen molar-refractivity contribution in [2.45, 2.75) is 31.8 Å². The van der Waals surface area contributed by atoms with Gasteiger partial charge in [-0.1, -0.05) is 33.6 Å². The Balaban J connectivity index is 1.97. The minimum absolute atomic E-state index is 0.192. The smallest absolute Gasteiger partial charge is 0.0483 e. The van der Waals surface area contributed by atoms with Gasteiger partial charge in [0.2, 0.25) is 0 Å². The zero-order valence-corrected chi connectivity index (χ0v) is 12.3. The van der Waals surface area contributed by atoms with Crippen molar-refractivity contribution >= 4 is 27.5 Å². The molecule has 1 N–H and O–H groups in total. The van der Waals surface area contributed by atoms with E-state index in [4.69, 9.17) is 16.3 Å². The van der Waals surface area contributed by atoms with Crippen LogP contribution in [0.15, 0.2) is 22.7 Å². The van der Waals surface area contributed by atoms with Gasteiger partial charge in [-0.05, 0) is 37.5 Å². The van der Waals surface area contributed by atoms with Gasteiger partial charge in [-0.2, -0.15) is 0 Å². The molecule has 1 aromatic rings. The number of halogens is 2. The van der Waals surface area contributed by atoms with E-state index < -0.39 is 0 Å². The molecule has 2 nitrogen and oxygen atoms in total. The van der Waals surface area contributed by atoms with Crippen molar-refractivity contribution in [3.05, 3.63) is 33.3 Å². The molecule has 0 spiro atoms. The minimum atomic E-state index is 0.192. The molecule has 0 saturated carbocycles. The van der Waals surface area contributed by atoms with E-state index in [1.807, 2.05) is 12.1 Å². The van der Waals surface area contributed by atoms with Gasteiger partial charge in [-0.3, -0.25) is 0 Å². The van der Waals surface area contributed by atoms with E-state index in [1.165, 1.54) is 5.56 Å². The van der Waals surface area contributed by atoms with E-state index in [0.717, 1.165) is 42.1 Å². The van der Waals surface area contributed by atoms with Crippen molar-refractivity contribution in [3.63, 3.8) is 0 Å². The third kappa shape index (κ3) is 3.68. The quantitative estimate of drug-likeness (QED) is 0.916. The Morgan fingerprint density at radius 3 is 2.76 bits per heavy atom. The minimum Gasteiger partial charge on any atom is -0.381 e. The summed E-state index contributed by atoms with van der Waals surface area (Å²) in [5.41, 5.74) is 1.43. The summed E-state index contributed by atoms with van der Waals surface area (Å²) in [5, 5.41) is 4.38. The molecule has 1 fully saturated rings. The molecule has 0 bridgehead atoms. The number of ether oxygens (including phenoxy) is 1. The van der Waals surface area contributed by atoms with Gasteiger partial charge in [0.1, 0.15) is 0 Å². The first-order chi connectivity index (χ1) is 8.09. The molecule has 0 radical (unpaired) electrons. The van der Waals surface area contributed by atoms with E-state index in [0.29, 0.717) is 0 Å². The Kier molecular flexibility index (Phi) is 4.47. The van der Waals surface area contributed by atoms with Crippen LogP contribution in [0.4, 0.5) is 0 Å². The number of hydrogen-bond donors (Lipinski definition) is 1. The van der Waals surface area contributed by atoms with Crippen LogP contribution in [0.5, 0.6) is 0 Å². The Bertz CT molecular complexity index is 391. The maximum Gasteiger partial charge on any atom is 0.0483 e. The summed E-state index contributed by atoms with van der Waals surface area (Å²) in [6, 6.07) is 5.92. The molecule has 17 heavy (non-hydrogen) atoms. The van der Waals surface area contributed by atoms with Crippen LogP contribution in [0.1, 0.15) is 25.3 Å². The van der Waals surface area contributed by atoms with E-state index in [2.05, 4.69) is 34.2 Å². The average molecular weight is 319 g/mol. The third-order valence-electron chi connectivity index (χ3n) is 3.32. The fraction of sp³-hybridized carbons (Fsp3) is 0.538. The van der Waals surface area contributed by atoms with E-state index in [-0.39, 0.29) is 5.54 Å². The fourth-order valence-corrected chi connectivity index (χ4v) is 2.80. The predicted octanol–water partition coefficient (Wildman–Crippen LogP) is 3.76. The normalized spacial score (nSPS) is 19.2. The standard InChI is InChI=1S/C13H17BrClNO/c1-13(4-6-17-7-5-13)16-9-10-2-3-11(15)8-12(10)14/h2-3,8,16H,4-7,9H2,1H3. The first-order valence-corrected chi connectivity index (χ1v) is 7.03. The summed E-state index contributed by atoms with van der Waals surface area (Å²) in [6.07, 6.45) is 2.14. The molecular formula is C13H17BrClNO. The molecule has 1 aliphatic heterocycles. The Morgan fingerprint density at radius 2 is 2.12 bits per heavy atom. The molecule has 4 heteroatoms. The van der Waals surface area contributed by atoms with Gasteiger partial charge in [0, 0.05) is 34.8 Å². The van der Waals surface area contributed by atoms with Crippen LogP contribution >= 0.6 is 27.5 Å². The van der Waals surface area contributed by atoms with Crippen LogP contribution in [-0.4, -0.2) is 18.8 Å². The summed E-state index contributed by atoms with van der Waals surface area (Å²) in [7, 11) is 0. The highest BCUT2D eigenvalue weighted by Gasteiger charge is 2.26. The highest BCUT2D eigenvalue weighted by atomic mass is 79.9. The summed E-state index contributed by atoms with van der Waals surface area (Å²) >= 11 is 9.47. The molecule has 0 amide bonds. The second kappa shape index (κ2) is 5.70. The van der Waals surface area contributed by atoms with Gasteiger partial charge in [0.15, 0.2) is 0 Å². The van der Waals surface area contributed by atoms with E-state index >= 15 is 0 Å². The molecule has 0 atom stereocenters. The fourth-order valence-electron chi connectivity index (χ4n) is 1.97. The Morgan fingerprint density at radius 1 is 1.41 bits per heavy atom. The zero-order valence-electron chi connectivity index (χ0n) is 9.93. The molecule has 1 saturated heterocycles.